The molecule has 0 rings (SSSR count). The molecule has 0 aromatic heterocycles. The van der Waals surface area contributed by atoms with Crippen molar-refractivity contribution < 1.29 is 0 Å². The van der Waals surface area contributed by atoms with Crippen molar-refractivity contribution in [2.75, 3.05) is 0 Å². The topological polar surface area (TPSA) is 0 Å². The average Bonchev–Trinajstić information content (AvgIpc) is 2.43. The van der Waals surface area contributed by atoms with Crippen LogP contribution in [0, 0.1) is 17.8 Å². The molecule has 3 atom stereocenters. The Labute approximate surface area is 130 Å². The lowest BCUT2D eigenvalue weighted by atomic mass is 9.87. The van der Waals surface area contributed by atoms with Crippen molar-refractivity contribution in [1.82, 2.24) is 0 Å². The van der Waals surface area contributed by atoms with Crippen LogP contribution in [0.4, 0.5) is 0 Å². The van der Waals surface area contributed by atoms with Gasteiger partial charge in [0.2, 0.25) is 0 Å². The molecule has 0 aliphatic carbocycles. The van der Waals surface area contributed by atoms with Crippen LogP contribution < -0.4 is 0 Å². The van der Waals surface area contributed by atoms with E-state index in [0.717, 1.165) is 17.8 Å². The minimum absolute atomic E-state index is 0.935. The minimum Gasteiger partial charge on any atom is -0.0654 e. The van der Waals surface area contributed by atoms with E-state index in [4.69, 9.17) is 0 Å². The van der Waals surface area contributed by atoms with E-state index < -0.39 is 0 Å². The van der Waals surface area contributed by atoms with Gasteiger partial charge in [-0.05, 0) is 17.8 Å². The van der Waals surface area contributed by atoms with E-state index in [1.54, 1.807) is 0 Å². The maximum atomic E-state index is 2.47. The van der Waals surface area contributed by atoms with Crippen LogP contribution in [0.3, 0.4) is 0 Å². The van der Waals surface area contributed by atoms with E-state index in [0.29, 0.717) is 0 Å². The lowest BCUT2D eigenvalue weighted by Gasteiger charge is -2.19. The van der Waals surface area contributed by atoms with Gasteiger partial charge in [-0.2, -0.15) is 0 Å². The molecule has 0 aromatic carbocycles. The van der Waals surface area contributed by atoms with Gasteiger partial charge < -0.3 is 0 Å². The van der Waals surface area contributed by atoms with Crippen molar-refractivity contribution in [2.45, 2.75) is 112 Å². The fourth-order valence-electron chi connectivity index (χ4n) is 3.22. The molecule has 0 aromatic rings. The normalized spacial score (nSPS) is 16.1. The van der Waals surface area contributed by atoms with E-state index >= 15 is 0 Å². The largest absolute Gasteiger partial charge is 0.0654 e. The number of rotatable bonds is 14. The highest BCUT2D eigenvalue weighted by molar-refractivity contribution is 4.62. The third-order valence-corrected chi connectivity index (χ3v) is 5.12. The van der Waals surface area contributed by atoms with Crippen LogP contribution in [0.2, 0.25) is 0 Å². The molecule has 0 saturated heterocycles. The maximum Gasteiger partial charge on any atom is -0.0417 e. The average molecular weight is 283 g/mol. The molecule has 0 aliphatic heterocycles. The molecule has 0 heterocycles. The Balaban J connectivity index is 3.34. The van der Waals surface area contributed by atoms with Gasteiger partial charge >= 0.3 is 0 Å². The van der Waals surface area contributed by atoms with Gasteiger partial charge in [-0.25, -0.2) is 0 Å². The summed E-state index contributed by atoms with van der Waals surface area (Å²) in [6, 6.07) is 0. The fourth-order valence-corrected chi connectivity index (χ4v) is 3.22. The summed E-state index contributed by atoms with van der Waals surface area (Å²) >= 11 is 0. The second-order valence-electron chi connectivity index (χ2n) is 7.34. The zero-order valence-corrected chi connectivity index (χ0v) is 15.2. The van der Waals surface area contributed by atoms with Crippen molar-refractivity contribution in [3.05, 3.63) is 0 Å². The first kappa shape index (κ1) is 20.0. The van der Waals surface area contributed by atoms with Crippen molar-refractivity contribution in [3.63, 3.8) is 0 Å². The lowest BCUT2D eigenvalue weighted by molar-refractivity contribution is 0.325. The summed E-state index contributed by atoms with van der Waals surface area (Å²) in [6.45, 7) is 11.9. The Morgan fingerprint density at radius 1 is 0.500 bits per heavy atom. The Morgan fingerprint density at radius 2 is 1.00 bits per heavy atom. The molecule has 0 nitrogen and oxygen atoms in total. The second-order valence-corrected chi connectivity index (χ2v) is 7.34. The van der Waals surface area contributed by atoms with Crippen LogP contribution >= 0.6 is 0 Å². The molecule has 0 saturated carbocycles. The van der Waals surface area contributed by atoms with Crippen LogP contribution in [0.1, 0.15) is 112 Å². The summed E-state index contributed by atoms with van der Waals surface area (Å²) in [6.07, 6.45) is 17.2. The molecule has 0 spiro atoms. The zero-order valence-electron chi connectivity index (χ0n) is 15.2. The summed E-state index contributed by atoms with van der Waals surface area (Å²) in [5.74, 6) is 2.83. The number of hydrogen-bond acceptors (Lipinski definition) is 0. The summed E-state index contributed by atoms with van der Waals surface area (Å²) in [7, 11) is 0. The van der Waals surface area contributed by atoms with E-state index in [2.05, 4.69) is 34.6 Å². The van der Waals surface area contributed by atoms with E-state index in [-0.39, 0.29) is 0 Å². The van der Waals surface area contributed by atoms with Crippen molar-refractivity contribution >= 4 is 0 Å². The SMILES string of the molecule is CCCCC(C)C(C)CCCCCCCC(C)CCC. The predicted octanol–water partition coefficient (Wildman–Crippen LogP) is 7.62. The highest BCUT2D eigenvalue weighted by Gasteiger charge is 2.10. The predicted molar refractivity (Wildman–Crippen MR) is 94.2 cm³/mol. The van der Waals surface area contributed by atoms with Crippen LogP contribution in [-0.4, -0.2) is 0 Å². The summed E-state index contributed by atoms with van der Waals surface area (Å²) in [5.41, 5.74) is 0. The molecule has 3 unspecified atom stereocenters. The number of hydrogen-bond donors (Lipinski definition) is 0. The first-order valence-electron chi connectivity index (χ1n) is 9.61. The first-order valence-corrected chi connectivity index (χ1v) is 9.61. The van der Waals surface area contributed by atoms with E-state index in [9.17, 15) is 0 Å². The smallest absolute Gasteiger partial charge is 0.0417 e. The van der Waals surface area contributed by atoms with Crippen LogP contribution in [0.5, 0.6) is 0 Å². The van der Waals surface area contributed by atoms with E-state index in [1.807, 2.05) is 0 Å². The molecular formula is C20H42. The third kappa shape index (κ3) is 11.8. The van der Waals surface area contributed by atoms with Gasteiger partial charge in [0, 0.05) is 0 Å². The fraction of sp³-hybridized carbons (Fsp3) is 1.00. The van der Waals surface area contributed by atoms with Gasteiger partial charge in [0.25, 0.3) is 0 Å². The molecular weight excluding hydrogens is 240 g/mol. The summed E-state index contributed by atoms with van der Waals surface area (Å²) < 4.78 is 0. The minimum atomic E-state index is 0.935. The van der Waals surface area contributed by atoms with Gasteiger partial charge in [0.1, 0.15) is 0 Å². The zero-order chi connectivity index (χ0) is 15.2. The lowest BCUT2D eigenvalue weighted by Crippen LogP contribution is -2.07. The van der Waals surface area contributed by atoms with Crippen molar-refractivity contribution in [1.29, 1.82) is 0 Å². The molecule has 122 valence electrons. The van der Waals surface area contributed by atoms with Crippen LogP contribution in [-0.2, 0) is 0 Å². The van der Waals surface area contributed by atoms with Gasteiger partial charge in [0.05, 0.1) is 0 Å². The highest BCUT2D eigenvalue weighted by atomic mass is 14.2. The van der Waals surface area contributed by atoms with Gasteiger partial charge in [0.15, 0.2) is 0 Å². The van der Waals surface area contributed by atoms with Gasteiger partial charge in [-0.3, -0.25) is 0 Å². The molecule has 0 heteroatoms. The van der Waals surface area contributed by atoms with Crippen molar-refractivity contribution in [2.24, 2.45) is 17.8 Å². The van der Waals surface area contributed by atoms with Gasteiger partial charge in [-0.15, -0.1) is 0 Å². The summed E-state index contributed by atoms with van der Waals surface area (Å²) in [4.78, 5) is 0. The Morgan fingerprint density at radius 3 is 1.55 bits per heavy atom. The molecule has 0 amide bonds. The Hall–Kier alpha value is 0. The standard InChI is InChI=1S/C20H42/c1-6-8-16-19(4)20(5)17-13-11-9-10-12-15-18(3)14-7-2/h18-20H,6-17H2,1-5H3. The molecule has 0 radical (unpaired) electrons. The highest BCUT2D eigenvalue weighted by Crippen LogP contribution is 2.23. The number of unbranched alkanes of at least 4 members (excludes halogenated alkanes) is 5. The van der Waals surface area contributed by atoms with Crippen molar-refractivity contribution in [3.8, 4) is 0 Å². The van der Waals surface area contributed by atoms with Gasteiger partial charge in [-0.1, -0.05) is 112 Å². The van der Waals surface area contributed by atoms with Crippen LogP contribution in [0.25, 0.3) is 0 Å². The molecule has 0 bridgehead atoms. The van der Waals surface area contributed by atoms with Crippen LogP contribution in [0.15, 0.2) is 0 Å². The first-order chi connectivity index (χ1) is 9.61. The second kappa shape index (κ2) is 14.0. The van der Waals surface area contributed by atoms with E-state index in [1.165, 1.54) is 77.0 Å². The third-order valence-electron chi connectivity index (χ3n) is 5.12. The summed E-state index contributed by atoms with van der Waals surface area (Å²) in [5, 5.41) is 0. The molecule has 0 N–H and O–H groups in total. The molecule has 20 heavy (non-hydrogen) atoms. The molecule has 0 fully saturated rings. The maximum absolute atomic E-state index is 2.47. The monoisotopic (exact) mass is 282 g/mol. The Bertz CT molecular complexity index is 184. The Kier molecular flexibility index (Phi) is 14.0. The molecule has 0 aliphatic rings. The quantitative estimate of drug-likeness (QED) is 0.287.